The van der Waals surface area contributed by atoms with Gasteiger partial charge in [-0.3, -0.25) is 4.79 Å². The highest BCUT2D eigenvalue weighted by atomic mass is 16.2. The molecule has 0 bridgehead atoms. The molecular weight excluding hydrogens is 468 g/mol. The van der Waals surface area contributed by atoms with Crippen LogP contribution in [0, 0.1) is 6.92 Å². The van der Waals surface area contributed by atoms with Gasteiger partial charge in [0.15, 0.2) is 0 Å². The Morgan fingerprint density at radius 3 is 2.45 bits per heavy atom. The van der Waals surface area contributed by atoms with Gasteiger partial charge in [-0.25, -0.2) is 9.97 Å². The fourth-order valence-corrected chi connectivity index (χ4v) is 4.93. The zero-order valence-corrected chi connectivity index (χ0v) is 21.5. The zero-order valence-electron chi connectivity index (χ0n) is 21.5. The molecule has 1 N–H and O–H groups in total. The van der Waals surface area contributed by atoms with E-state index in [1.807, 2.05) is 41.3 Å². The normalized spacial score (nSPS) is 12.9. The minimum Gasteiger partial charge on any atom is -0.365 e. The second-order valence-electron chi connectivity index (χ2n) is 10.0. The number of benzene rings is 4. The van der Waals surface area contributed by atoms with Crippen LogP contribution in [0.5, 0.6) is 0 Å². The van der Waals surface area contributed by atoms with Crippen LogP contribution < -0.4 is 5.32 Å². The second kappa shape index (κ2) is 10.5. The summed E-state index contributed by atoms with van der Waals surface area (Å²) >= 11 is 0. The van der Waals surface area contributed by atoms with E-state index in [1.165, 1.54) is 11.1 Å². The summed E-state index contributed by atoms with van der Waals surface area (Å²) in [6, 6.07) is 33.2. The second-order valence-corrected chi connectivity index (χ2v) is 10.0. The lowest BCUT2D eigenvalue weighted by molar-refractivity contribution is 0.0730. The smallest absolute Gasteiger partial charge is 0.254 e. The molecule has 1 aliphatic carbocycles. The van der Waals surface area contributed by atoms with Gasteiger partial charge < -0.3 is 10.2 Å². The first-order valence-corrected chi connectivity index (χ1v) is 13.1. The minimum absolute atomic E-state index is 0.102. The Bertz CT molecular complexity index is 1590. The highest BCUT2D eigenvalue weighted by molar-refractivity contribution is 5.95. The Balaban J connectivity index is 1.26. The van der Waals surface area contributed by atoms with Crippen molar-refractivity contribution in [3.63, 3.8) is 0 Å². The number of aromatic nitrogens is 2. The van der Waals surface area contributed by atoms with E-state index in [0.717, 1.165) is 51.8 Å². The van der Waals surface area contributed by atoms with Gasteiger partial charge in [-0.2, -0.15) is 0 Å². The molecule has 0 saturated heterocycles. The molecule has 38 heavy (non-hydrogen) atoms. The summed E-state index contributed by atoms with van der Waals surface area (Å²) < 4.78 is 0. The van der Waals surface area contributed by atoms with Crippen molar-refractivity contribution in [2.24, 2.45) is 0 Å². The first-order valence-electron chi connectivity index (χ1n) is 13.1. The van der Waals surface area contributed by atoms with Crippen LogP contribution in [0.2, 0.25) is 0 Å². The number of fused-ring (bicyclic) bond motifs is 1. The van der Waals surface area contributed by atoms with Gasteiger partial charge in [0, 0.05) is 30.1 Å². The number of rotatable bonds is 8. The summed E-state index contributed by atoms with van der Waals surface area (Å²) in [5, 5.41) is 4.49. The van der Waals surface area contributed by atoms with E-state index in [9.17, 15) is 4.79 Å². The Labute approximate surface area is 223 Å². The van der Waals surface area contributed by atoms with E-state index < -0.39 is 0 Å². The average Bonchev–Trinajstić information content (AvgIpc) is 3.80. The SMILES string of the molecule is Cc1cccc(CNc2ncnc3ccc(-c4cccc(CN(C(=O)c5ccccc5)C5CC5)c4)cc23)c1. The molecule has 6 rings (SSSR count). The maximum Gasteiger partial charge on any atom is 0.254 e. The third-order valence-electron chi connectivity index (χ3n) is 7.06. The quantitative estimate of drug-likeness (QED) is 0.250. The van der Waals surface area contributed by atoms with Crippen molar-refractivity contribution < 1.29 is 4.79 Å². The highest BCUT2D eigenvalue weighted by Crippen LogP contribution is 2.32. The first-order chi connectivity index (χ1) is 18.6. The number of anilines is 1. The molecule has 1 heterocycles. The average molecular weight is 499 g/mol. The first kappa shape index (κ1) is 23.9. The molecule has 1 aromatic heterocycles. The molecule has 0 radical (unpaired) electrons. The third-order valence-corrected chi connectivity index (χ3v) is 7.06. The topological polar surface area (TPSA) is 58.1 Å². The number of aryl methyl sites for hydroxylation is 1. The van der Waals surface area contributed by atoms with Crippen LogP contribution in [0.25, 0.3) is 22.0 Å². The largest absolute Gasteiger partial charge is 0.365 e. The van der Waals surface area contributed by atoms with Crippen molar-refractivity contribution in [1.29, 1.82) is 0 Å². The Morgan fingerprint density at radius 2 is 1.63 bits per heavy atom. The van der Waals surface area contributed by atoms with Gasteiger partial charge in [0.25, 0.3) is 5.91 Å². The molecular formula is C33H30N4O. The van der Waals surface area contributed by atoms with Crippen LogP contribution >= 0.6 is 0 Å². The molecule has 0 unspecified atom stereocenters. The van der Waals surface area contributed by atoms with E-state index in [1.54, 1.807) is 6.33 Å². The molecule has 1 saturated carbocycles. The molecule has 5 heteroatoms. The van der Waals surface area contributed by atoms with Gasteiger partial charge in [-0.1, -0.05) is 72.3 Å². The molecule has 4 aromatic carbocycles. The Morgan fingerprint density at radius 1 is 0.842 bits per heavy atom. The van der Waals surface area contributed by atoms with Crippen LogP contribution in [0.15, 0.2) is 103 Å². The third kappa shape index (κ3) is 5.28. The fraction of sp³-hybridized carbons (Fsp3) is 0.182. The number of carbonyl (C=O) groups excluding carboxylic acids is 1. The van der Waals surface area contributed by atoms with Gasteiger partial charge in [-0.15, -0.1) is 0 Å². The summed E-state index contributed by atoms with van der Waals surface area (Å²) in [6.07, 6.45) is 3.75. The molecule has 0 atom stereocenters. The molecule has 1 aliphatic rings. The van der Waals surface area contributed by atoms with Gasteiger partial charge in [0.1, 0.15) is 12.1 Å². The molecule has 188 valence electrons. The number of nitrogens with one attached hydrogen (secondary N) is 1. The van der Waals surface area contributed by atoms with E-state index in [0.29, 0.717) is 19.1 Å². The Hall–Kier alpha value is -4.51. The summed E-state index contributed by atoms with van der Waals surface area (Å²) in [5.74, 6) is 0.925. The number of nitrogens with zero attached hydrogens (tertiary/aromatic N) is 3. The lowest BCUT2D eigenvalue weighted by Gasteiger charge is -2.23. The number of carbonyl (C=O) groups is 1. The van der Waals surface area contributed by atoms with E-state index >= 15 is 0 Å². The summed E-state index contributed by atoms with van der Waals surface area (Å²) in [6.45, 7) is 3.40. The van der Waals surface area contributed by atoms with Crippen LogP contribution in [0.3, 0.4) is 0 Å². The number of hydrogen-bond acceptors (Lipinski definition) is 4. The van der Waals surface area contributed by atoms with Crippen molar-refractivity contribution >= 4 is 22.6 Å². The van der Waals surface area contributed by atoms with Crippen molar-refractivity contribution in [1.82, 2.24) is 14.9 Å². The molecule has 5 nitrogen and oxygen atoms in total. The maximum atomic E-state index is 13.3. The van der Waals surface area contributed by atoms with Crippen LogP contribution in [0.4, 0.5) is 5.82 Å². The van der Waals surface area contributed by atoms with Crippen molar-refractivity contribution in [3.8, 4) is 11.1 Å². The molecule has 1 fully saturated rings. The minimum atomic E-state index is 0.102. The maximum absolute atomic E-state index is 13.3. The van der Waals surface area contributed by atoms with Gasteiger partial charge >= 0.3 is 0 Å². The van der Waals surface area contributed by atoms with E-state index in [4.69, 9.17) is 0 Å². The molecule has 0 spiro atoms. The number of amides is 1. The molecule has 0 aliphatic heterocycles. The van der Waals surface area contributed by atoms with Gasteiger partial charge in [0.05, 0.1) is 5.52 Å². The fourth-order valence-electron chi connectivity index (χ4n) is 4.93. The Kier molecular flexibility index (Phi) is 6.57. The predicted octanol–water partition coefficient (Wildman–Crippen LogP) is 7.02. The number of hydrogen-bond donors (Lipinski definition) is 1. The van der Waals surface area contributed by atoms with Crippen LogP contribution in [-0.4, -0.2) is 26.8 Å². The van der Waals surface area contributed by atoms with Crippen molar-refractivity contribution in [2.45, 2.75) is 38.9 Å². The monoisotopic (exact) mass is 498 g/mol. The van der Waals surface area contributed by atoms with Gasteiger partial charge in [0.2, 0.25) is 0 Å². The summed E-state index contributed by atoms with van der Waals surface area (Å²) in [7, 11) is 0. The van der Waals surface area contributed by atoms with E-state index in [-0.39, 0.29) is 5.91 Å². The van der Waals surface area contributed by atoms with Crippen molar-refractivity contribution in [3.05, 3.63) is 126 Å². The standard InChI is InChI=1S/C33H30N4O/c1-23-7-5-8-24(17-23)20-34-32-30-19-28(13-16-31(30)35-22-36-32)27-12-6-9-25(18-27)21-37(29-14-15-29)33(38)26-10-3-2-4-11-26/h2-13,16-19,22,29H,14-15,20-21H2,1H3,(H,34,35,36). The van der Waals surface area contributed by atoms with Crippen LogP contribution in [-0.2, 0) is 13.1 Å². The van der Waals surface area contributed by atoms with Crippen molar-refractivity contribution in [2.75, 3.05) is 5.32 Å². The molecule has 5 aromatic rings. The lowest BCUT2D eigenvalue weighted by atomic mass is 10.0. The van der Waals surface area contributed by atoms with Crippen LogP contribution in [0.1, 0.15) is 39.9 Å². The highest BCUT2D eigenvalue weighted by Gasteiger charge is 2.33. The predicted molar refractivity (Wildman–Crippen MR) is 153 cm³/mol. The summed E-state index contributed by atoms with van der Waals surface area (Å²) in [4.78, 5) is 24.3. The van der Waals surface area contributed by atoms with E-state index in [2.05, 4.69) is 82.9 Å². The zero-order chi connectivity index (χ0) is 25.9. The molecule has 1 amide bonds. The van der Waals surface area contributed by atoms with Gasteiger partial charge in [-0.05, 0) is 72.4 Å². The summed E-state index contributed by atoms with van der Waals surface area (Å²) in [5.41, 5.74) is 7.44. The lowest BCUT2D eigenvalue weighted by Crippen LogP contribution is -2.32.